The molecule has 110 valence electrons. The molecule has 0 bridgehead atoms. The molecule has 1 saturated heterocycles. The maximum absolute atomic E-state index is 5.99. The van der Waals surface area contributed by atoms with Gasteiger partial charge in [-0.1, -0.05) is 18.2 Å². The molecule has 1 fully saturated rings. The van der Waals surface area contributed by atoms with Crippen molar-refractivity contribution in [2.75, 3.05) is 0 Å². The summed E-state index contributed by atoms with van der Waals surface area (Å²) in [5.41, 5.74) is 2.03. The van der Waals surface area contributed by atoms with Gasteiger partial charge in [0.25, 0.3) is 0 Å². The summed E-state index contributed by atoms with van der Waals surface area (Å²) in [5.74, 6) is 0. The van der Waals surface area contributed by atoms with E-state index in [2.05, 4.69) is 10.2 Å². The third-order valence-electron chi connectivity index (χ3n) is 4.34. The van der Waals surface area contributed by atoms with Gasteiger partial charge in [0.05, 0.1) is 23.1 Å². The third-order valence-corrected chi connectivity index (χ3v) is 4.34. The maximum atomic E-state index is 5.99. The smallest absolute Gasteiger partial charge is 0.398 e. The van der Waals surface area contributed by atoms with E-state index in [0.717, 1.165) is 11.3 Å². The van der Waals surface area contributed by atoms with Gasteiger partial charge < -0.3 is 9.31 Å². The van der Waals surface area contributed by atoms with Crippen LogP contribution in [0.25, 0.3) is 5.69 Å². The molecule has 0 amide bonds. The van der Waals surface area contributed by atoms with Crippen molar-refractivity contribution in [2.45, 2.75) is 45.8 Å². The molecule has 5 nitrogen and oxygen atoms in total. The van der Waals surface area contributed by atoms with E-state index >= 15 is 0 Å². The quantitative estimate of drug-likeness (QED) is 0.790. The zero-order valence-electron chi connectivity index (χ0n) is 13.1. The van der Waals surface area contributed by atoms with Crippen LogP contribution in [0.5, 0.6) is 0 Å². The molecule has 1 aliphatic heterocycles. The van der Waals surface area contributed by atoms with Crippen LogP contribution in [-0.4, -0.2) is 33.3 Å². The van der Waals surface area contributed by atoms with Gasteiger partial charge in [0.1, 0.15) is 5.59 Å². The summed E-state index contributed by atoms with van der Waals surface area (Å²) < 4.78 is 12.0. The van der Waals surface area contributed by atoms with E-state index in [4.69, 9.17) is 9.31 Å². The van der Waals surface area contributed by atoms with Crippen LogP contribution in [-0.2, 0) is 9.31 Å². The van der Waals surface area contributed by atoms with Crippen molar-refractivity contribution in [1.29, 1.82) is 0 Å². The zero-order chi connectivity index (χ0) is 15.3. The molecule has 0 atom stereocenters. The van der Waals surface area contributed by atoms with Gasteiger partial charge in [-0.2, -0.15) is 15.0 Å². The molecule has 3 rings (SSSR count). The van der Waals surface area contributed by atoms with Gasteiger partial charge in [-0.25, -0.2) is 0 Å². The van der Waals surface area contributed by atoms with Crippen LogP contribution in [0.1, 0.15) is 33.3 Å². The summed E-state index contributed by atoms with van der Waals surface area (Å²) in [6, 6.07) is 7.99. The molecule has 6 heteroatoms. The minimum absolute atomic E-state index is 0.371. The number of rotatable bonds is 2. The fourth-order valence-electron chi connectivity index (χ4n) is 2.25. The summed E-state index contributed by atoms with van der Waals surface area (Å²) in [6.07, 6.45) is 1.70. The highest BCUT2D eigenvalue weighted by Gasteiger charge is 2.52. The Bertz CT molecular complexity index is 650. The fraction of sp³-hybridized carbons (Fsp3) is 0.467. The summed E-state index contributed by atoms with van der Waals surface area (Å²) >= 11 is 0. The number of hydrogen-bond donors (Lipinski definition) is 0. The lowest BCUT2D eigenvalue weighted by atomic mass is 9.86. The Labute approximate surface area is 125 Å². The number of aromatic nitrogens is 3. The molecule has 2 heterocycles. The minimum atomic E-state index is -0.479. The number of benzene rings is 1. The highest BCUT2D eigenvalue weighted by molar-refractivity contribution is 6.61. The Kier molecular flexibility index (Phi) is 3.18. The number of aryl methyl sites for hydroxylation is 1. The first kappa shape index (κ1) is 14.3. The van der Waals surface area contributed by atoms with Crippen LogP contribution >= 0.6 is 0 Å². The normalized spacial score (nSPS) is 20.0. The lowest BCUT2D eigenvalue weighted by Crippen LogP contribution is -2.41. The minimum Gasteiger partial charge on any atom is -0.398 e. The monoisotopic (exact) mass is 285 g/mol. The predicted octanol–water partition coefficient (Wildman–Crippen LogP) is 1.87. The van der Waals surface area contributed by atoms with Gasteiger partial charge in [-0.15, -0.1) is 0 Å². The lowest BCUT2D eigenvalue weighted by Gasteiger charge is -2.32. The average Bonchev–Trinajstić information content (AvgIpc) is 2.94. The second kappa shape index (κ2) is 4.68. The van der Waals surface area contributed by atoms with Crippen LogP contribution in [0.2, 0.25) is 0 Å². The largest absolute Gasteiger partial charge is 0.518 e. The zero-order valence-corrected chi connectivity index (χ0v) is 13.1. The predicted molar refractivity (Wildman–Crippen MR) is 81.8 cm³/mol. The van der Waals surface area contributed by atoms with Crippen LogP contribution in [0.4, 0.5) is 0 Å². The van der Waals surface area contributed by atoms with Crippen LogP contribution in [0.3, 0.4) is 0 Å². The molecule has 0 unspecified atom stereocenters. The Morgan fingerprint density at radius 3 is 2.29 bits per heavy atom. The van der Waals surface area contributed by atoms with Crippen LogP contribution in [0, 0.1) is 6.92 Å². The van der Waals surface area contributed by atoms with Gasteiger partial charge in [0.2, 0.25) is 0 Å². The molecule has 1 aliphatic rings. The standard InChI is InChI=1S/C15H20BN3O2/c1-11-8-6-7-9-12(11)19-17-10-13(18-19)16-20-14(2,3)15(4,5)21-16/h6-10H,1-5H3. The first-order chi connectivity index (χ1) is 9.80. The first-order valence-corrected chi connectivity index (χ1v) is 7.14. The maximum Gasteiger partial charge on any atom is 0.518 e. The topological polar surface area (TPSA) is 49.2 Å². The highest BCUT2D eigenvalue weighted by atomic mass is 16.7. The second-order valence-electron chi connectivity index (χ2n) is 6.43. The van der Waals surface area contributed by atoms with Gasteiger partial charge in [-0.05, 0) is 46.2 Å². The van der Waals surface area contributed by atoms with Crippen molar-refractivity contribution < 1.29 is 9.31 Å². The molecule has 0 N–H and O–H groups in total. The summed E-state index contributed by atoms with van der Waals surface area (Å²) in [7, 11) is -0.479. The first-order valence-electron chi connectivity index (χ1n) is 7.14. The summed E-state index contributed by atoms with van der Waals surface area (Å²) in [5, 5.41) is 8.84. The summed E-state index contributed by atoms with van der Waals surface area (Å²) in [6.45, 7) is 10.1. The number of para-hydroxylation sites is 1. The molecule has 1 aromatic heterocycles. The van der Waals surface area contributed by atoms with E-state index in [9.17, 15) is 0 Å². The Hall–Kier alpha value is -1.66. The van der Waals surface area contributed by atoms with Crippen molar-refractivity contribution >= 4 is 12.7 Å². The Morgan fingerprint density at radius 1 is 1.05 bits per heavy atom. The summed E-state index contributed by atoms with van der Waals surface area (Å²) in [4.78, 5) is 1.62. The van der Waals surface area contributed by atoms with Gasteiger partial charge >= 0.3 is 7.12 Å². The van der Waals surface area contributed by atoms with Crippen molar-refractivity contribution in [1.82, 2.24) is 15.0 Å². The van der Waals surface area contributed by atoms with E-state index in [1.807, 2.05) is 58.9 Å². The number of hydrogen-bond acceptors (Lipinski definition) is 4. The van der Waals surface area contributed by atoms with Gasteiger partial charge in [-0.3, -0.25) is 0 Å². The van der Waals surface area contributed by atoms with Gasteiger partial charge in [0, 0.05) is 0 Å². The molecule has 0 saturated carbocycles. The second-order valence-corrected chi connectivity index (χ2v) is 6.43. The van der Waals surface area contributed by atoms with E-state index in [0.29, 0.717) is 5.59 Å². The Morgan fingerprint density at radius 2 is 1.67 bits per heavy atom. The highest BCUT2D eigenvalue weighted by Crippen LogP contribution is 2.36. The molecular formula is C15H20BN3O2. The molecule has 0 spiro atoms. The molecular weight excluding hydrogens is 265 g/mol. The van der Waals surface area contributed by atoms with Crippen molar-refractivity contribution in [2.24, 2.45) is 0 Å². The van der Waals surface area contributed by atoms with Crippen molar-refractivity contribution in [3.8, 4) is 5.69 Å². The van der Waals surface area contributed by atoms with E-state index in [1.54, 1.807) is 11.0 Å². The lowest BCUT2D eigenvalue weighted by molar-refractivity contribution is 0.00578. The molecule has 0 aliphatic carbocycles. The SMILES string of the molecule is Cc1ccccc1-n1ncc(B2OC(C)(C)C(C)(C)O2)n1. The number of nitrogens with zero attached hydrogens (tertiary/aromatic N) is 3. The van der Waals surface area contributed by atoms with Gasteiger partial charge in [0.15, 0.2) is 0 Å². The third kappa shape index (κ3) is 2.38. The van der Waals surface area contributed by atoms with Crippen LogP contribution in [0.15, 0.2) is 30.5 Å². The molecule has 0 radical (unpaired) electrons. The molecule has 21 heavy (non-hydrogen) atoms. The molecule has 2 aromatic rings. The van der Waals surface area contributed by atoms with E-state index < -0.39 is 7.12 Å². The van der Waals surface area contributed by atoms with Crippen molar-refractivity contribution in [3.05, 3.63) is 36.0 Å². The van der Waals surface area contributed by atoms with Crippen molar-refractivity contribution in [3.63, 3.8) is 0 Å². The Balaban J connectivity index is 1.89. The fourth-order valence-corrected chi connectivity index (χ4v) is 2.25. The van der Waals surface area contributed by atoms with E-state index in [-0.39, 0.29) is 11.2 Å². The average molecular weight is 285 g/mol. The van der Waals surface area contributed by atoms with E-state index in [1.165, 1.54) is 0 Å². The van der Waals surface area contributed by atoms with Crippen LogP contribution < -0.4 is 5.59 Å². The molecule has 1 aromatic carbocycles.